The van der Waals surface area contributed by atoms with Crippen LogP contribution in [0.25, 0.3) is 0 Å². The van der Waals surface area contributed by atoms with Gasteiger partial charge in [-0.15, -0.1) is 0 Å². The van der Waals surface area contributed by atoms with E-state index in [4.69, 9.17) is 5.11 Å². The van der Waals surface area contributed by atoms with E-state index < -0.39 is 11.6 Å². The van der Waals surface area contributed by atoms with Gasteiger partial charge >= 0.3 is 6.03 Å². The highest BCUT2D eigenvalue weighted by Gasteiger charge is 2.20. The van der Waals surface area contributed by atoms with Gasteiger partial charge in [-0.2, -0.15) is 0 Å². The van der Waals surface area contributed by atoms with Gasteiger partial charge in [-0.1, -0.05) is 0 Å². The molecular formula is C13H17F2N3O2. The van der Waals surface area contributed by atoms with Gasteiger partial charge < -0.3 is 15.3 Å². The normalized spacial score (nSPS) is 16.2. The average molecular weight is 285 g/mol. The Bertz CT molecular complexity index is 456. The summed E-state index contributed by atoms with van der Waals surface area (Å²) in [6.07, 6.45) is 0. The number of amides is 2. The summed E-state index contributed by atoms with van der Waals surface area (Å²) in [7, 11) is 0. The van der Waals surface area contributed by atoms with Crippen LogP contribution in [0, 0.1) is 11.6 Å². The van der Waals surface area contributed by atoms with Gasteiger partial charge in [-0.25, -0.2) is 13.6 Å². The fourth-order valence-electron chi connectivity index (χ4n) is 2.14. The van der Waals surface area contributed by atoms with E-state index in [9.17, 15) is 13.6 Å². The number of hydrogen-bond acceptors (Lipinski definition) is 3. The van der Waals surface area contributed by atoms with Crippen molar-refractivity contribution in [1.29, 1.82) is 0 Å². The molecular weight excluding hydrogens is 268 g/mol. The van der Waals surface area contributed by atoms with Gasteiger partial charge in [0.15, 0.2) is 0 Å². The molecule has 1 heterocycles. The van der Waals surface area contributed by atoms with E-state index in [1.54, 1.807) is 4.90 Å². The molecule has 1 saturated heterocycles. The van der Waals surface area contributed by atoms with Crippen LogP contribution in [-0.4, -0.2) is 60.3 Å². The molecule has 0 radical (unpaired) electrons. The van der Waals surface area contributed by atoms with Crippen LogP contribution in [0.2, 0.25) is 0 Å². The number of β-amino-alcohol motifs (C(OH)–C–C–N with tert-alkyl or cyclic N) is 1. The molecule has 20 heavy (non-hydrogen) atoms. The number of anilines is 1. The summed E-state index contributed by atoms with van der Waals surface area (Å²) in [4.78, 5) is 15.6. The molecule has 0 aliphatic carbocycles. The van der Waals surface area contributed by atoms with Gasteiger partial charge in [0.2, 0.25) is 0 Å². The lowest BCUT2D eigenvalue weighted by Crippen LogP contribution is -2.50. The van der Waals surface area contributed by atoms with Crippen molar-refractivity contribution in [3.63, 3.8) is 0 Å². The van der Waals surface area contributed by atoms with Crippen LogP contribution in [-0.2, 0) is 0 Å². The second-order valence-corrected chi connectivity index (χ2v) is 4.64. The molecule has 0 saturated carbocycles. The Morgan fingerprint density at radius 2 is 1.75 bits per heavy atom. The molecule has 1 aromatic carbocycles. The number of urea groups is 1. The van der Waals surface area contributed by atoms with Crippen molar-refractivity contribution in [2.75, 3.05) is 44.6 Å². The van der Waals surface area contributed by atoms with Crippen LogP contribution in [0.5, 0.6) is 0 Å². The fourth-order valence-corrected chi connectivity index (χ4v) is 2.14. The fraction of sp³-hybridized carbons (Fsp3) is 0.462. The standard InChI is InChI=1S/C13H17F2N3O2/c14-10-7-11(15)9-12(8-10)16-13(20)18-3-1-17(2-4-18)5-6-19/h7-9,19H,1-6H2,(H,16,20). The summed E-state index contributed by atoms with van der Waals surface area (Å²) < 4.78 is 26.0. The van der Waals surface area contributed by atoms with Crippen LogP contribution < -0.4 is 5.32 Å². The summed E-state index contributed by atoms with van der Waals surface area (Å²) in [5, 5.41) is 11.3. The van der Waals surface area contributed by atoms with Gasteiger partial charge in [-0.05, 0) is 12.1 Å². The van der Waals surface area contributed by atoms with Gasteiger partial charge in [-0.3, -0.25) is 4.90 Å². The lowest BCUT2D eigenvalue weighted by atomic mass is 10.3. The SMILES string of the molecule is O=C(Nc1cc(F)cc(F)c1)N1CCN(CCO)CC1. The molecule has 0 bridgehead atoms. The predicted molar refractivity (Wildman–Crippen MR) is 70.5 cm³/mol. The molecule has 2 rings (SSSR count). The number of aliphatic hydroxyl groups excluding tert-OH is 1. The summed E-state index contributed by atoms with van der Waals surface area (Å²) >= 11 is 0. The Balaban J connectivity index is 1.89. The van der Waals surface area contributed by atoms with Crippen LogP contribution in [0.4, 0.5) is 19.3 Å². The predicted octanol–water partition coefficient (Wildman–Crippen LogP) is 1.11. The number of nitrogens with one attached hydrogen (secondary N) is 1. The molecule has 1 aliphatic heterocycles. The number of aliphatic hydroxyl groups is 1. The number of hydrogen-bond donors (Lipinski definition) is 2. The maximum absolute atomic E-state index is 13.0. The van der Waals surface area contributed by atoms with Crippen molar-refractivity contribution in [2.24, 2.45) is 0 Å². The number of carbonyl (C=O) groups excluding carboxylic acids is 1. The Hall–Kier alpha value is -1.73. The van der Waals surface area contributed by atoms with E-state index in [-0.39, 0.29) is 18.3 Å². The zero-order valence-electron chi connectivity index (χ0n) is 11.0. The highest BCUT2D eigenvalue weighted by molar-refractivity contribution is 5.89. The van der Waals surface area contributed by atoms with Crippen molar-refractivity contribution < 1.29 is 18.7 Å². The van der Waals surface area contributed by atoms with E-state index in [0.717, 1.165) is 18.2 Å². The van der Waals surface area contributed by atoms with Gasteiger partial charge in [0.25, 0.3) is 0 Å². The van der Waals surface area contributed by atoms with E-state index in [2.05, 4.69) is 5.32 Å². The lowest BCUT2D eigenvalue weighted by molar-refractivity contribution is 0.127. The minimum atomic E-state index is -0.729. The molecule has 1 aliphatic rings. The summed E-state index contributed by atoms with van der Waals surface area (Å²) in [5.74, 6) is -1.46. The van der Waals surface area contributed by atoms with E-state index in [1.165, 1.54) is 0 Å². The molecule has 0 atom stereocenters. The highest BCUT2D eigenvalue weighted by Crippen LogP contribution is 2.14. The molecule has 5 nitrogen and oxygen atoms in total. The molecule has 0 aromatic heterocycles. The zero-order valence-corrected chi connectivity index (χ0v) is 11.0. The first-order chi connectivity index (χ1) is 9.58. The van der Waals surface area contributed by atoms with Crippen LogP contribution >= 0.6 is 0 Å². The average Bonchev–Trinajstić information content (AvgIpc) is 2.38. The molecule has 1 fully saturated rings. The Labute approximate surface area is 115 Å². The van der Waals surface area contributed by atoms with Crippen molar-refractivity contribution in [2.45, 2.75) is 0 Å². The first-order valence-corrected chi connectivity index (χ1v) is 6.44. The summed E-state index contributed by atoms with van der Waals surface area (Å²) in [6.45, 7) is 3.06. The second kappa shape index (κ2) is 6.62. The molecule has 0 unspecified atom stereocenters. The second-order valence-electron chi connectivity index (χ2n) is 4.64. The molecule has 1 aromatic rings. The molecule has 2 amide bonds. The van der Waals surface area contributed by atoms with E-state index >= 15 is 0 Å². The van der Waals surface area contributed by atoms with Gasteiger partial charge in [0.1, 0.15) is 11.6 Å². The van der Waals surface area contributed by atoms with Crippen molar-refractivity contribution in [3.8, 4) is 0 Å². The summed E-state index contributed by atoms with van der Waals surface area (Å²) in [5.41, 5.74) is 0.102. The third-order valence-corrected chi connectivity index (χ3v) is 3.19. The number of carbonyl (C=O) groups is 1. The van der Waals surface area contributed by atoms with Crippen molar-refractivity contribution >= 4 is 11.7 Å². The third-order valence-electron chi connectivity index (χ3n) is 3.19. The Morgan fingerprint density at radius 1 is 1.15 bits per heavy atom. The van der Waals surface area contributed by atoms with Gasteiger partial charge in [0.05, 0.1) is 6.61 Å². The van der Waals surface area contributed by atoms with Crippen LogP contribution in [0.1, 0.15) is 0 Å². The molecule has 0 spiro atoms. The highest BCUT2D eigenvalue weighted by atomic mass is 19.1. The third kappa shape index (κ3) is 3.88. The van der Waals surface area contributed by atoms with Crippen molar-refractivity contribution in [3.05, 3.63) is 29.8 Å². The number of rotatable bonds is 3. The zero-order chi connectivity index (χ0) is 14.5. The maximum atomic E-state index is 13.0. The molecule has 110 valence electrons. The molecule has 2 N–H and O–H groups in total. The summed E-state index contributed by atoms with van der Waals surface area (Å²) in [6, 6.07) is 2.52. The topological polar surface area (TPSA) is 55.8 Å². The maximum Gasteiger partial charge on any atom is 0.321 e. The largest absolute Gasteiger partial charge is 0.395 e. The van der Waals surface area contributed by atoms with Crippen LogP contribution in [0.15, 0.2) is 18.2 Å². The number of piperazine rings is 1. The lowest BCUT2D eigenvalue weighted by Gasteiger charge is -2.34. The monoisotopic (exact) mass is 285 g/mol. The van der Waals surface area contributed by atoms with Crippen LogP contribution in [0.3, 0.4) is 0 Å². The first-order valence-electron chi connectivity index (χ1n) is 6.44. The quantitative estimate of drug-likeness (QED) is 0.874. The van der Waals surface area contributed by atoms with E-state index in [0.29, 0.717) is 32.7 Å². The number of benzene rings is 1. The van der Waals surface area contributed by atoms with Crippen molar-refractivity contribution in [1.82, 2.24) is 9.80 Å². The number of nitrogens with zero attached hydrogens (tertiary/aromatic N) is 2. The van der Waals surface area contributed by atoms with E-state index in [1.807, 2.05) is 4.90 Å². The van der Waals surface area contributed by atoms with Gasteiger partial charge in [0, 0.05) is 44.5 Å². The minimum Gasteiger partial charge on any atom is -0.395 e. The minimum absolute atomic E-state index is 0.0920. The first kappa shape index (κ1) is 14.7. The molecule has 7 heteroatoms. The number of halogens is 2. The Kier molecular flexibility index (Phi) is 4.86. The smallest absolute Gasteiger partial charge is 0.321 e. The Morgan fingerprint density at radius 3 is 2.30 bits per heavy atom.